The first-order valence-electron chi connectivity index (χ1n) is 10.2. The van der Waals surface area contributed by atoms with Crippen LogP contribution in [0.15, 0.2) is 35.3 Å². The zero-order valence-corrected chi connectivity index (χ0v) is 20.6. The molecule has 7 heteroatoms. The van der Waals surface area contributed by atoms with E-state index >= 15 is 0 Å². The minimum absolute atomic E-state index is 0. The third-order valence-electron chi connectivity index (χ3n) is 5.90. The molecule has 160 valence electrons. The molecule has 0 saturated carbocycles. The Hall–Kier alpha value is -1.61. The highest BCUT2D eigenvalue weighted by atomic mass is 127. The van der Waals surface area contributed by atoms with Gasteiger partial charge in [0, 0.05) is 57.1 Å². The molecule has 1 aromatic heterocycles. The first kappa shape index (κ1) is 23.7. The summed E-state index contributed by atoms with van der Waals surface area (Å²) in [5.41, 5.74) is 4.91. The Morgan fingerprint density at radius 3 is 2.55 bits per heavy atom. The van der Waals surface area contributed by atoms with Gasteiger partial charge in [-0.3, -0.25) is 14.6 Å². The second-order valence-corrected chi connectivity index (χ2v) is 7.87. The van der Waals surface area contributed by atoms with E-state index in [0.717, 1.165) is 44.1 Å². The molecule has 1 saturated heterocycles. The van der Waals surface area contributed by atoms with Crippen molar-refractivity contribution in [3.63, 3.8) is 0 Å². The standard InChI is InChI=1S/C22H34N6.HI/c1-16-13-20(11-12-28(16)15-19-9-7-6-8-10-19)25-22(23-4)24-14-21-17(2)26-27(5)18(21)3;/h6-10,16,20H,11-15H2,1-5H3,(H2,23,24,25);1H. The van der Waals surface area contributed by atoms with E-state index < -0.39 is 0 Å². The summed E-state index contributed by atoms with van der Waals surface area (Å²) in [6.07, 6.45) is 2.25. The van der Waals surface area contributed by atoms with Crippen LogP contribution in [0.1, 0.15) is 42.3 Å². The Bertz CT molecular complexity index is 801. The number of hydrogen-bond donors (Lipinski definition) is 2. The Kier molecular flexibility index (Phi) is 8.95. The summed E-state index contributed by atoms with van der Waals surface area (Å²) >= 11 is 0. The van der Waals surface area contributed by atoms with Crippen molar-refractivity contribution >= 4 is 29.9 Å². The summed E-state index contributed by atoms with van der Waals surface area (Å²) in [5.74, 6) is 0.872. The molecule has 6 nitrogen and oxygen atoms in total. The molecule has 2 atom stereocenters. The smallest absolute Gasteiger partial charge is 0.191 e. The highest BCUT2D eigenvalue weighted by Crippen LogP contribution is 2.20. The van der Waals surface area contributed by atoms with Crippen LogP contribution in [0, 0.1) is 13.8 Å². The fraction of sp³-hybridized carbons (Fsp3) is 0.545. The quantitative estimate of drug-likeness (QED) is 0.368. The van der Waals surface area contributed by atoms with Crippen LogP contribution >= 0.6 is 24.0 Å². The van der Waals surface area contributed by atoms with Crippen LogP contribution in [-0.4, -0.2) is 46.3 Å². The number of hydrogen-bond acceptors (Lipinski definition) is 3. The summed E-state index contributed by atoms with van der Waals surface area (Å²) in [5, 5.41) is 11.6. The SMILES string of the molecule is CN=C(NCc1c(C)nn(C)c1C)NC1CCN(Cc2ccccc2)C(C)C1.I. The third kappa shape index (κ3) is 6.18. The molecule has 1 aliphatic rings. The van der Waals surface area contributed by atoms with Gasteiger partial charge in [0.25, 0.3) is 0 Å². The van der Waals surface area contributed by atoms with Crippen molar-refractivity contribution < 1.29 is 0 Å². The molecule has 2 aromatic rings. The van der Waals surface area contributed by atoms with Crippen LogP contribution in [0.25, 0.3) is 0 Å². The molecule has 3 rings (SSSR count). The van der Waals surface area contributed by atoms with Crippen molar-refractivity contribution in [3.8, 4) is 0 Å². The van der Waals surface area contributed by atoms with Crippen LogP contribution in [0.3, 0.4) is 0 Å². The highest BCUT2D eigenvalue weighted by Gasteiger charge is 2.26. The fourth-order valence-electron chi connectivity index (χ4n) is 4.04. The van der Waals surface area contributed by atoms with E-state index in [9.17, 15) is 0 Å². The average molecular weight is 510 g/mol. The van der Waals surface area contributed by atoms with Crippen LogP contribution in [0.5, 0.6) is 0 Å². The topological polar surface area (TPSA) is 57.5 Å². The molecule has 2 unspecified atom stereocenters. The molecule has 0 bridgehead atoms. The van der Waals surface area contributed by atoms with Gasteiger partial charge in [0.15, 0.2) is 5.96 Å². The molecule has 0 spiro atoms. The Balaban J connectivity index is 0.00000300. The van der Waals surface area contributed by atoms with Gasteiger partial charge in [-0.1, -0.05) is 30.3 Å². The summed E-state index contributed by atoms with van der Waals surface area (Å²) in [6, 6.07) is 11.7. The van der Waals surface area contributed by atoms with Gasteiger partial charge >= 0.3 is 0 Å². The van der Waals surface area contributed by atoms with Crippen molar-refractivity contribution in [2.75, 3.05) is 13.6 Å². The molecule has 1 fully saturated rings. The van der Waals surface area contributed by atoms with Crippen molar-refractivity contribution in [1.82, 2.24) is 25.3 Å². The lowest BCUT2D eigenvalue weighted by Crippen LogP contribution is -2.51. The molecule has 1 aliphatic heterocycles. The molecular weight excluding hydrogens is 475 g/mol. The average Bonchev–Trinajstić information content (AvgIpc) is 2.93. The molecule has 29 heavy (non-hydrogen) atoms. The summed E-state index contributed by atoms with van der Waals surface area (Å²) in [4.78, 5) is 7.00. The molecular formula is C22H35IN6. The van der Waals surface area contributed by atoms with E-state index in [1.165, 1.54) is 16.8 Å². The first-order chi connectivity index (χ1) is 13.5. The van der Waals surface area contributed by atoms with Crippen LogP contribution in [0.4, 0.5) is 0 Å². The second-order valence-electron chi connectivity index (χ2n) is 7.87. The molecule has 1 aromatic carbocycles. The molecule has 0 radical (unpaired) electrons. The van der Waals surface area contributed by atoms with E-state index in [4.69, 9.17) is 0 Å². The number of halogens is 1. The molecule has 0 amide bonds. The van der Waals surface area contributed by atoms with Crippen LogP contribution < -0.4 is 10.6 Å². The number of aliphatic imine (C=N–C) groups is 1. The fourth-order valence-corrected chi connectivity index (χ4v) is 4.04. The molecule has 2 N–H and O–H groups in total. The zero-order valence-electron chi connectivity index (χ0n) is 18.3. The Morgan fingerprint density at radius 1 is 1.24 bits per heavy atom. The monoisotopic (exact) mass is 510 g/mol. The van der Waals surface area contributed by atoms with E-state index in [1.807, 2.05) is 18.8 Å². The van der Waals surface area contributed by atoms with E-state index in [-0.39, 0.29) is 24.0 Å². The highest BCUT2D eigenvalue weighted by molar-refractivity contribution is 14.0. The number of aromatic nitrogens is 2. The van der Waals surface area contributed by atoms with Gasteiger partial charge in [-0.05, 0) is 39.2 Å². The van der Waals surface area contributed by atoms with Gasteiger partial charge in [-0.15, -0.1) is 24.0 Å². The second kappa shape index (κ2) is 11.0. The minimum atomic E-state index is 0. The maximum atomic E-state index is 4.49. The number of rotatable bonds is 5. The van der Waals surface area contributed by atoms with Crippen LogP contribution in [0.2, 0.25) is 0 Å². The number of likely N-dealkylation sites (tertiary alicyclic amines) is 1. The number of piperidine rings is 1. The maximum absolute atomic E-state index is 4.49. The van der Waals surface area contributed by atoms with Crippen molar-refractivity contribution in [3.05, 3.63) is 52.8 Å². The minimum Gasteiger partial charge on any atom is -0.354 e. The Labute approximate surface area is 192 Å². The van der Waals surface area contributed by atoms with E-state index in [1.54, 1.807) is 0 Å². The largest absolute Gasteiger partial charge is 0.354 e. The lowest BCUT2D eigenvalue weighted by molar-refractivity contribution is 0.134. The number of benzene rings is 1. The van der Waals surface area contributed by atoms with Gasteiger partial charge in [0.05, 0.1) is 5.69 Å². The van der Waals surface area contributed by atoms with Gasteiger partial charge in [-0.25, -0.2) is 0 Å². The summed E-state index contributed by atoms with van der Waals surface area (Å²) in [6.45, 7) is 9.37. The normalized spacial score (nSPS) is 20.2. The van der Waals surface area contributed by atoms with Crippen molar-refractivity contribution in [1.29, 1.82) is 0 Å². The predicted molar refractivity (Wildman–Crippen MR) is 131 cm³/mol. The lowest BCUT2D eigenvalue weighted by Gasteiger charge is -2.38. The predicted octanol–water partition coefficient (Wildman–Crippen LogP) is 3.37. The van der Waals surface area contributed by atoms with Gasteiger partial charge in [-0.2, -0.15) is 5.10 Å². The number of guanidine groups is 1. The summed E-state index contributed by atoms with van der Waals surface area (Å²) < 4.78 is 1.94. The molecule has 0 aliphatic carbocycles. The number of nitrogens with zero attached hydrogens (tertiary/aromatic N) is 4. The molecule has 2 heterocycles. The van der Waals surface area contributed by atoms with Gasteiger partial charge in [0.1, 0.15) is 0 Å². The Morgan fingerprint density at radius 2 is 1.97 bits per heavy atom. The summed E-state index contributed by atoms with van der Waals surface area (Å²) in [7, 11) is 3.83. The number of aryl methyl sites for hydroxylation is 2. The lowest BCUT2D eigenvalue weighted by atomic mass is 9.97. The van der Waals surface area contributed by atoms with Gasteiger partial charge < -0.3 is 10.6 Å². The third-order valence-corrected chi connectivity index (χ3v) is 5.90. The van der Waals surface area contributed by atoms with E-state index in [0.29, 0.717) is 12.1 Å². The van der Waals surface area contributed by atoms with Crippen molar-refractivity contribution in [2.45, 2.75) is 58.8 Å². The van der Waals surface area contributed by atoms with Crippen molar-refractivity contribution in [2.24, 2.45) is 12.0 Å². The van der Waals surface area contributed by atoms with Gasteiger partial charge in [0.2, 0.25) is 0 Å². The number of nitrogens with one attached hydrogen (secondary N) is 2. The van der Waals surface area contributed by atoms with Crippen LogP contribution in [-0.2, 0) is 20.1 Å². The maximum Gasteiger partial charge on any atom is 0.191 e. The first-order valence-corrected chi connectivity index (χ1v) is 10.2. The zero-order chi connectivity index (χ0) is 20.1. The van der Waals surface area contributed by atoms with E-state index in [2.05, 4.69) is 76.7 Å².